The van der Waals surface area contributed by atoms with E-state index in [9.17, 15) is 8.42 Å². The number of para-hydroxylation sites is 1. The molecule has 4 rings (SSSR count). The molecule has 1 unspecified atom stereocenters. The number of hydrogen-bond donors (Lipinski definition) is 0. The van der Waals surface area contributed by atoms with Crippen LogP contribution in [-0.4, -0.2) is 46.0 Å². The summed E-state index contributed by atoms with van der Waals surface area (Å²) < 4.78 is 33.1. The Bertz CT molecular complexity index is 883. The Morgan fingerprint density at radius 2 is 1.67 bits per heavy atom. The smallest absolute Gasteiger partial charge is 0.243 e. The average Bonchev–Trinajstić information content (AvgIpc) is 3.12. The highest BCUT2D eigenvalue weighted by atomic mass is 32.2. The summed E-state index contributed by atoms with van der Waals surface area (Å²) in [6.07, 6.45) is 3.04. The van der Waals surface area contributed by atoms with Gasteiger partial charge in [0.2, 0.25) is 10.0 Å². The largest absolute Gasteiger partial charge is 0.497 e. The maximum absolute atomic E-state index is 13.1. The van der Waals surface area contributed by atoms with E-state index in [1.165, 1.54) is 5.69 Å². The topological polar surface area (TPSA) is 49.9 Å². The Morgan fingerprint density at radius 3 is 2.37 bits per heavy atom. The second kappa shape index (κ2) is 7.17. The van der Waals surface area contributed by atoms with Gasteiger partial charge in [0.05, 0.1) is 12.0 Å². The first-order valence-electron chi connectivity index (χ1n) is 9.47. The van der Waals surface area contributed by atoms with Crippen molar-refractivity contribution in [3.63, 3.8) is 0 Å². The molecule has 2 aliphatic heterocycles. The Morgan fingerprint density at radius 1 is 0.926 bits per heavy atom. The van der Waals surface area contributed by atoms with Crippen LogP contribution < -0.4 is 9.64 Å². The predicted molar refractivity (Wildman–Crippen MR) is 107 cm³/mol. The van der Waals surface area contributed by atoms with Crippen molar-refractivity contribution in [3.8, 4) is 5.75 Å². The molecule has 6 heteroatoms. The highest BCUT2D eigenvalue weighted by molar-refractivity contribution is 7.89. The van der Waals surface area contributed by atoms with Crippen molar-refractivity contribution in [1.82, 2.24) is 4.31 Å². The average molecular weight is 387 g/mol. The van der Waals surface area contributed by atoms with Crippen molar-refractivity contribution < 1.29 is 13.2 Å². The number of methoxy groups -OCH3 is 1. The van der Waals surface area contributed by atoms with Gasteiger partial charge in [-0.1, -0.05) is 18.2 Å². The summed E-state index contributed by atoms with van der Waals surface area (Å²) in [6.45, 7) is 3.11. The van der Waals surface area contributed by atoms with E-state index in [0.717, 1.165) is 32.4 Å². The van der Waals surface area contributed by atoms with Crippen molar-refractivity contribution in [3.05, 3.63) is 54.6 Å². The van der Waals surface area contributed by atoms with Crippen molar-refractivity contribution in [1.29, 1.82) is 0 Å². The number of anilines is 1. The molecular formula is C21H26N2O3S. The maximum Gasteiger partial charge on any atom is 0.243 e. The SMILES string of the molecule is COc1ccc(S(=O)(=O)N2CCCC3(CCN(c4ccccc4)C3)C2)cc1. The summed E-state index contributed by atoms with van der Waals surface area (Å²) >= 11 is 0. The zero-order valence-corrected chi connectivity index (χ0v) is 16.5. The number of hydrogen-bond acceptors (Lipinski definition) is 4. The summed E-state index contributed by atoms with van der Waals surface area (Å²) in [7, 11) is -1.89. The van der Waals surface area contributed by atoms with Gasteiger partial charge >= 0.3 is 0 Å². The fourth-order valence-corrected chi connectivity index (χ4v) is 5.98. The van der Waals surface area contributed by atoms with Gasteiger partial charge in [-0.25, -0.2) is 8.42 Å². The van der Waals surface area contributed by atoms with Gasteiger partial charge in [0.15, 0.2) is 0 Å². The van der Waals surface area contributed by atoms with Crippen molar-refractivity contribution in [2.24, 2.45) is 5.41 Å². The molecule has 2 aliphatic rings. The van der Waals surface area contributed by atoms with Crippen LogP contribution >= 0.6 is 0 Å². The summed E-state index contributed by atoms with van der Waals surface area (Å²) in [6, 6.07) is 17.1. The van der Waals surface area contributed by atoms with E-state index in [4.69, 9.17) is 4.74 Å². The number of rotatable bonds is 4. The van der Waals surface area contributed by atoms with Crippen molar-refractivity contribution in [2.75, 3.05) is 38.2 Å². The zero-order valence-electron chi connectivity index (χ0n) is 15.7. The maximum atomic E-state index is 13.1. The first-order valence-corrected chi connectivity index (χ1v) is 10.9. The molecule has 0 N–H and O–H groups in total. The normalized spacial score (nSPS) is 23.7. The molecule has 1 spiro atoms. The van der Waals surface area contributed by atoms with Gasteiger partial charge in [0, 0.05) is 37.3 Å². The van der Waals surface area contributed by atoms with Gasteiger partial charge in [-0.3, -0.25) is 0 Å². The highest BCUT2D eigenvalue weighted by Gasteiger charge is 2.44. The van der Waals surface area contributed by atoms with Crippen LogP contribution in [0.1, 0.15) is 19.3 Å². The fraction of sp³-hybridized carbons (Fsp3) is 0.429. The molecule has 144 valence electrons. The second-order valence-corrected chi connectivity index (χ2v) is 9.56. The van der Waals surface area contributed by atoms with E-state index < -0.39 is 10.0 Å². The first kappa shape index (κ1) is 18.3. The molecule has 2 heterocycles. The molecule has 0 aromatic heterocycles. The Kier molecular flexibility index (Phi) is 4.86. The molecule has 0 radical (unpaired) electrons. The van der Waals surface area contributed by atoms with Gasteiger partial charge in [-0.2, -0.15) is 4.31 Å². The minimum Gasteiger partial charge on any atom is -0.497 e. The molecule has 0 bridgehead atoms. The molecule has 1 atom stereocenters. The molecule has 2 aromatic carbocycles. The third-order valence-electron chi connectivity index (χ3n) is 5.88. The molecule has 2 saturated heterocycles. The lowest BCUT2D eigenvalue weighted by molar-refractivity contribution is 0.168. The van der Waals surface area contributed by atoms with Gasteiger partial charge in [0.25, 0.3) is 0 Å². The zero-order chi connectivity index (χ0) is 18.9. The lowest BCUT2D eigenvalue weighted by atomic mass is 9.80. The molecule has 0 aliphatic carbocycles. The molecule has 27 heavy (non-hydrogen) atoms. The first-order chi connectivity index (χ1) is 13.0. The highest BCUT2D eigenvalue weighted by Crippen LogP contribution is 2.41. The Labute approximate surface area is 161 Å². The van der Waals surface area contributed by atoms with Crippen molar-refractivity contribution >= 4 is 15.7 Å². The predicted octanol–water partition coefficient (Wildman–Crippen LogP) is 3.38. The molecular weight excluding hydrogens is 360 g/mol. The summed E-state index contributed by atoms with van der Waals surface area (Å²) in [4.78, 5) is 2.74. The third-order valence-corrected chi connectivity index (χ3v) is 7.74. The van der Waals surface area contributed by atoms with E-state index in [-0.39, 0.29) is 5.41 Å². The van der Waals surface area contributed by atoms with E-state index in [2.05, 4.69) is 29.2 Å². The molecule has 0 saturated carbocycles. The lowest BCUT2D eigenvalue weighted by Gasteiger charge is -2.39. The number of piperidine rings is 1. The standard InChI is InChI=1S/C21H26N2O3S/c1-26-19-8-10-20(11-9-19)27(24,25)23-14-5-12-21(17-23)13-15-22(16-21)18-6-3-2-4-7-18/h2-4,6-11H,5,12-17H2,1H3. The number of ether oxygens (including phenoxy) is 1. The molecule has 2 fully saturated rings. The van der Waals surface area contributed by atoms with Gasteiger partial charge in [-0.05, 0) is 55.7 Å². The number of nitrogens with zero attached hydrogens (tertiary/aromatic N) is 2. The van der Waals surface area contributed by atoms with Gasteiger partial charge < -0.3 is 9.64 Å². The second-order valence-electron chi connectivity index (χ2n) is 7.62. The van der Waals surface area contributed by atoms with Gasteiger partial charge in [-0.15, -0.1) is 0 Å². The molecule has 5 nitrogen and oxygen atoms in total. The van der Waals surface area contributed by atoms with Crippen molar-refractivity contribution in [2.45, 2.75) is 24.2 Å². The number of benzene rings is 2. The van der Waals surface area contributed by atoms with Crippen LogP contribution in [0.15, 0.2) is 59.5 Å². The minimum atomic E-state index is -3.47. The molecule has 0 amide bonds. The molecule has 2 aromatic rings. The lowest BCUT2D eigenvalue weighted by Crippen LogP contribution is -2.47. The van der Waals surface area contributed by atoms with E-state index >= 15 is 0 Å². The van der Waals surface area contributed by atoms with Crippen LogP contribution in [0.3, 0.4) is 0 Å². The fourth-order valence-electron chi connectivity index (χ4n) is 4.39. The van der Waals surface area contributed by atoms with Crippen LogP contribution in [0.25, 0.3) is 0 Å². The van der Waals surface area contributed by atoms with Gasteiger partial charge in [0.1, 0.15) is 5.75 Å². The van der Waals surface area contributed by atoms with E-state index in [0.29, 0.717) is 23.7 Å². The summed E-state index contributed by atoms with van der Waals surface area (Å²) in [5, 5.41) is 0. The monoisotopic (exact) mass is 386 g/mol. The van der Waals surface area contributed by atoms with Crippen LogP contribution in [0.5, 0.6) is 5.75 Å². The summed E-state index contributed by atoms with van der Waals surface area (Å²) in [5.41, 5.74) is 1.28. The van der Waals surface area contributed by atoms with Crippen LogP contribution in [0.4, 0.5) is 5.69 Å². The van der Waals surface area contributed by atoms with Crippen LogP contribution in [0.2, 0.25) is 0 Å². The van der Waals surface area contributed by atoms with E-state index in [1.54, 1.807) is 35.7 Å². The summed E-state index contributed by atoms with van der Waals surface area (Å²) in [5.74, 6) is 0.665. The van der Waals surface area contributed by atoms with Crippen LogP contribution in [-0.2, 0) is 10.0 Å². The minimum absolute atomic E-state index is 0.0492. The van der Waals surface area contributed by atoms with Crippen LogP contribution in [0, 0.1) is 5.41 Å². The third kappa shape index (κ3) is 3.56. The van der Waals surface area contributed by atoms with E-state index in [1.807, 2.05) is 6.07 Å². The quantitative estimate of drug-likeness (QED) is 0.808. The Hall–Kier alpha value is -2.05. The Balaban J connectivity index is 1.52. The number of sulfonamides is 1.